The predicted octanol–water partition coefficient (Wildman–Crippen LogP) is 6.69. The first kappa shape index (κ1) is 32.2. The lowest BCUT2D eigenvalue weighted by atomic mass is 10.0. The Morgan fingerprint density at radius 3 is 2.58 bits per heavy atom. The maximum absolute atomic E-state index is 13.6. The standard InChI is InChI=1S/C38H42ClN5O4/c1-47-33-26-31-28(13-16-30-9-8-19-43(30)37(31)45)25-34(33)48-24-7-3-2-5-17-41-20-22-42(23-21-41)38(46)35-32-10-4-6-18-44(32)36(40-35)27-11-14-29(39)15-12-27/h4,6,10-16,18,25-26,30H,2-3,5,7-9,17,19-24H2,1H3/t30-/m0/s1. The Morgan fingerprint density at radius 1 is 0.958 bits per heavy atom. The van der Waals surface area contributed by atoms with Crippen molar-refractivity contribution in [2.45, 2.75) is 44.6 Å². The normalized spacial score (nSPS) is 17.8. The number of carbonyl (C=O) groups is 2. The number of pyridine rings is 1. The molecule has 2 fully saturated rings. The zero-order valence-corrected chi connectivity index (χ0v) is 28.2. The number of amides is 2. The highest BCUT2D eigenvalue weighted by Gasteiger charge is 2.32. The highest BCUT2D eigenvalue weighted by molar-refractivity contribution is 6.30. The lowest BCUT2D eigenvalue weighted by Gasteiger charge is -2.34. The van der Waals surface area contributed by atoms with Crippen LogP contribution in [0.2, 0.25) is 5.02 Å². The Balaban J connectivity index is 0.854. The van der Waals surface area contributed by atoms with Crippen LogP contribution in [0.15, 0.2) is 66.9 Å². The van der Waals surface area contributed by atoms with E-state index in [-0.39, 0.29) is 17.9 Å². The van der Waals surface area contributed by atoms with E-state index >= 15 is 0 Å². The van der Waals surface area contributed by atoms with Gasteiger partial charge in [-0.1, -0.05) is 42.7 Å². The van der Waals surface area contributed by atoms with Crippen molar-refractivity contribution in [2.75, 3.05) is 53.0 Å². The minimum Gasteiger partial charge on any atom is -0.493 e. The molecule has 0 unspecified atom stereocenters. The van der Waals surface area contributed by atoms with Crippen LogP contribution in [-0.2, 0) is 0 Å². The van der Waals surface area contributed by atoms with Gasteiger partial charge in [0.15, 0.2) is 17.2 Å². The van der Waals surface area contributed by atoms with Gasteiger partial charge in [0, 0.05) is 49.5 Å². The zero-order valence-electron chi connectivity index (χ0n) is 27.4. The molecular weight excluding hydrogens is 626 g/mol. The molecule has 2 aromatic heterocycles. The Kier molecular flexibility index (Phi) is 9.68. The smallest absolute Gasteiger partial charge is 0.274 e. The van der Waals surface area contributed by atoms with Crippen molar-refractivity contribution < 1.29 is 19.1 Å². The molecule has 7 rings (SSSR count). The van der Waals surface area contributed by atoms with Crippen LogP contribution in [-0.4, -0.2) is 94.9 Å². The number of piperazine rings is 1. The van der Waals surface area contributed by atoms with Crippen LogP contribution >= 0.6 is 11.6 Å². The van der Waals surface area contributed by atoms with Gasteiger partial charge in [0.05, 0.1) is 30.8 Å². The molecule has 0 radical (unpaired) electrons. The summed E-state index contributed by atoms with van der Waals surface area (Å²) in [5.74, 6) is 2.08. The Morgan fingerprint density at radius 2 is 1.77 bits per heavy atom. The van der Waals surface area contributed by atoms with Gasteiger partial charge in [-0.05, 0) is 86.3 Å². The molecule has 0 aliphatic carbocycles. The third-order valence-corrected chi connectivity index (χ3v) is 10.0. The molecule has 0 saturated carbocycles. The summed E-state index contributed by atoms with van der Waals surface area (Å²) in [6.07, 6.45) is 12.5. The van der Waals surface area contributed by atoms with Crippen LogP contribution < -0.4 is 9.47 Å². The Labute approximate surface area is 286 Å². The van der Waals surface area contributed by atoms with Gasteiger partial charge in [0.2, 0.25) is 0 Å². The molecule has 0 spiro atoms. The van der Waals surface area contributed by atoms with Gasteiger partial charge >= 0.3 is 0 Å². The molecule has 0 bridgehead atoms. The van der Waals surface area contributed by atoms with E-state index in [0.717, 1.165) is 87.2 Å². The number of ether oxygens (including phenoxy) is 2. The number of imidazole rings is 1. The summed E-state index contributed by atoms with van der Waals surface area (Å²) in [5.41, 5.74) is 3.80. The second-order valence-electron chi connectivity index (χ2n) is 12.8. The van der Waals surface area contributed by atoms with Crippen molar-refractivity contribution in [3.05, 3.63) is 88.7 Å². The van der Waals surface area contributed by atoms with Gasteiger partial charge in [-0.3, -0.25) is 18.9 Å². The molecule has 5 heterocycles. The fourth-order valence-electron chi connectivity index (χ4n) is 7.08. The highest BCUT2D eigenvalue weighted by atomic mass is 35.5. The van der Waals surface area contributed by atoms with Crippen molar-refractivity contribution in [2.24, 2.45) is 0 Å². The van der Waals surface area contributed by atoms with Gasteiger partial charge < -0.3 is 19.3 Å². The summed E-state index contributed by atoms with van der Waals surface area (Å²) in [6, 6.07) is 17.4. The number of carbonyl (C=O) groups excluding carboxylic acids is 2. The molecule has 10 heteroatoms. The largest absolute Gasteiger partial charge is 0.493 e. The van der Waals surface area contributed by atoms with Crippen molar-refractivity contribution in [1.29, 1.82) is 0 Å². The quantitative estimate of drug-likeness (QED) is 0.166. The summed E-state index contributed by atoms with van der Waals surface area (Å²) >= 11 is 6.10. The lowest BCUT2D eigenvalue weighted by Crippen LogP contribution is -2.49. The highest BCUT2D eigenvalue weighted by Crippen LogP contribution is 2.35. The molecule has 3 aliphatic heterocycles. The second-order valence-corrected chi connectivity index (χ2v) is 13.2. The van der Waals surface area contributed by atoms with E-state index in [1.165, 1.54) is 0 Å². The number of hydrogen-bond donors (Lipinski definition) is 0. The van der Waals surface area contributed by atoms with Crippen molar-refractivity contribution in [3.8, 4) is 22.9 Å². The van der Waals surface area contributed by atoms with Crippen molar-refractivity contribution in [3.63, 3.8) is 0 Å². The number of fused-ring (bicyclic) bond motifs is 3. The van der Waals surface area contributed by atoms with E-state index in [9.17, 15) is 9.59 Å². The molecule has 2 amide bonds. The van der Waals surface area contributed by atoms with Crippen LogP contribution in [0.1, 0.15) is 64.9 Å². The molecule has 3 aliphatic rings. The first-order valence-corrected chi connectivity index (χ1v) is 17.5. The minimum atomic E-state index is -0.0207. The number of rotatable bonds is 11. The Hall–Kier alpha value is -4.34. The molecule has 4 aromatic rings. The van der Waals surface area contributed by atoms with Crippen LogP contribution in [0.5, 0.6) is 11.5 Å². The van der Waals surface area contributed by atoms with Crippen molar-refractivity contribution >= 4 is 35.0 Å². The topological polar surface area (TPSA) is 79.6 Å². The fraction of sp³-hybridized carbons (Fsp3) is 0.395. The van der Waals surface area contributed by atoms with E-state index in [2.05, 4.69) is 17.1 Å². The predicted molar refractivity (Wildman–Crippen MR) is 188 cm³/mol. The maximum Gasteiger partial charge on any atom is 0.274 e. The first-order chi connectivity index (χ1) is 23.5. The van der Waals surface area contributed by atoms with Crippen LogP contribution in [0.3, 0.4) is 0 Å². The van der Waals surface area contributed by atoms with Gasteiger partial charge in [0.25, 0.3) is 11.8 Å². The third kappa shape index (κ3) is 6.66. The third-order valence-electron chi connectivity index (χ3n) is 9.76. The summed E-state index contributed by atoms with van der Waals surface area (Å²) in [5, 5.41) is 0.665. The number of aromatic nitrogens is 2. The molecule has 1 atom stereocenters. The van der Waals surface area contributed by atoms with Gasteiger partial charge in [-0.25, -0.2) is 4.98 Å². The molecular formula is C38H42ClN5O4. The Bertz CT molecular complexity index is 1810. The number of methoxy groups -OCH3 is 1. The molecule has 48 heavy (non-hydrogen) atoms. The lowest BCUT2D eigenvalue weighted by molar-refractivity contribution is 0.0631. The summed E-state index contributed by atoms with van der Waals surface area (Å²) in [7, 11) is 1.62. The van der Waals surface area contributed by atoms with E-state index in [1.807, 2.05) is 75.0 Å². The van der Waals surface area contributed by atoms with Gasteiger partial charge in [0.1, 0.15) is 5.82 Å². The molecule has 250 valence electrons. The monoisotopic (exact) mass is 667 g/mol. The summed E-state index contributed by atoms with van der Waals surface area (Å²) in [4.78, 5) is 37.9. The molecule has 0 N–H and O–H groups in total. The summed E-state index contributed by atoms with van der Waals surface area (Å²) in [6.45, 7) is 5.53. The van der Waals surface area contributed by atoms with Crippen LogP contribution in [0.25, 0.3) is 23.0 Å². The zero-order chi connectivity index (χ0) is 33.0. The number of nitrogens with zero attached hydrogens (tertiary/aromatic N) is 5. The number of benzene rings is 2. The number of hydrogen-bond acceptors (Lipinski definition) is 6. The van der Waals surface area contributed by atoms with E-state index in [0.29, 0.717) is 47.5 Å². The average molecular weight is 668 g/mol. The van der Waals surface area contributed by atoms with E-state index in [4.69, 9.17) is 26.1 Å². The van der Waals surface area contributed by atoms with Gasteiger partial charge in [-0.15, -0.1) is 0 Å². The number of unbranched alkanes of at least 4 members (excludes halogenated alkanes) is 3. The van der Waals surface area contributed by atoms with Crippen LogP contribution in [0.4, 0.5) is 0 Å². The van der Waals surface area contributed by atoms with E-state index < -0.39 is 0 Å². The SMILES string of the molecule is COc1cc2c(cc1OCCCCCCN1CCN(C(=O)c3nc(-c4ccc(Cl)cc4)n4ccccc34)CC1)C=C[C@@H]1CCCN1C2=O. The molecule has 2 aromatic carbocycles. The van der Waals surface area contributed by atoms with Crippen molar-refractivity contribution in [1.82, 2.24) is 24.1 Å². The summed E-state index contributed by atoms with van der Waals surface area (Å²) < 4.78 is 13.7. The number of halogens is 1. The first-order valence-electron chi connectivity index (χ1n) is 17.1. The van der Waals surface area contributed by atoms with E-state index in [1.54, 1.807) is 7.11 Å². The maximum atomic E-state index is 13.6. The second kappa shape index (κ2) is 14.4. The van der Waals surface area contributed by atoms with Gasteiger partial charge in [-0.2, -0.15) is 0 Å². The fourth-order valence-corrected chi connectivity index (χ4v) is 7.21. The average Bonchev–Trinajstić information content (AvgIpc) is 3.73. The molecule has 9 nitrogen and oxygen atoms in total. The molecule has 2 saturated heterocycles. The van der Waals surface area contributed by atoms with Crippen LogP contribution in [0, 0.1) is 0 Å². The minimum absolute atomic E-state index is 0.0207.